The van der Waals surface area contributed by atoms with Crippen molar-refractivity contribution in [1.29, 1.82) is 0 Å². The summed E-state index contributed by atoms with van der Waals surface area (Å²) >= 11 is 11.7. The summed E-state index contributed by atoms with van der Waals surface area (Å²) in [4.78, 5) is 0. The molecule has 0 unspecified atom stereocenters. The fourth-order valence-electron chi connectivity index (χ4n) is 1.71. The fourth-order valence-corrected chi connectivity index (χ4v) is 2.17. The van der Waals surface area contributed by atoms with Gasteiger partial charge in [0, 0.05) is 23.1 Å². The van der Waals surface area contributed by atoms with E-state index in [9.17, 15) is 4.39 Å². The third-order valence-electron chi connectivity index (χ3n) is 2.47. The fraction of sp³-hybridized carbons (Fsp3) is 0.143. The van der Waals surface area contributed by atoms with Gasteiger partial charge in [0.1, 0.15) is 5.82 Å². The molecule has 0 aliphatic rings. The molecule has 0 fully saturated rings. The van der Waals surface area contributed by atoms with Crippen LogP contribution in [0.25, 0.3) is 0 Å². The maximum Gasteiger partial charge on any atom is 0.125 e. The zero-order valence-corrected chi connectivity index (χ0v) is 11.1. The van der Waals surface area contributed by atoms with Crippen molar-refractivity contribution in [3.63, 3.8) is 0 Å². The van der Waals surface area contributed by atoms with Gasteiger partial charge in [-0.2, -0.15) is 0 Å². The van der Waals surface area contributed by atoms with Crippen molar-refractivity contribution in [2.24, 2.45) is 0 Å². The highest BCUT2D eigenvalue weighted by molar-refractivity contribution is 6.30. The zero-order valence-electron chi connectivity index (χ0n) is 9.59. The van der Waals surface area contributed by atoms with Gasteiger partial charge in [0.15, 0.2) is 0 Å². The molecule has 2 aromatic rings. The van der Waals surface area contributed by atoms with Crippen molar-refractivity contribution in [2.75, 3.05) is 0 Å². The monoisotopic (exact) mass is 283 g/mol. The second-order valence-corrected chi connectivity index (χ2v) is 4.88. The van der Waals surface area contributed by atoms with Crippen molar-refractivity contribution >= 4 is 23.2 Å². The number of hydrogen-bond donors (Lipinski definition) is 1. The van der Waals surface area contributed by atoms with E-state index >= 15 is 0 Å². The molecule has 0 aliphatic carbocycles. The summed E-state index contributed by atoms with van der Waals surface area (Å²) in [7, 11) is 0. The van der Waals surface area contributed by atoms with E-state index in [-0.39, 0.29) is 5.82 Å². The van der Waals surface area contributed by atoms with Crippen LogP contribution in [0.1, 0.15) is 11.1 Å². The van der Waals surface area contributed by atoms with E-state index in [1.54, 1.807) is 6.07 Å². The molecule has 0 spiro atoms. The SMILES string of the molecule is Fc1cc(Cl)cc(CNCc2cccc(Cl)c2)c1. The van der Waals surface area contributed by atoms with Gasteiger partial charge in [-0.3, -0.25) is 0 Å². The quantitative estimate of drug-likeness (QED) is 0.876. The summed E-state index contributed by atoms with van der Waals surface area (Å²) in [6, 6.07) is 12.1. The molecule has 0 aliphatic heterocycles. The lowest BCUT2D eigenvalue weighted by Gasteiger charge is -2.06. The van der Waals surface area contributed by atoms with Crippen molar-refractivity contribution in [1.82, 2.24) is 5.32 Å². The molecule has 1 N–H and O–H groups in total. The highest BCUT2D eigenvalue weighted by Crippen LogP contribution is 2.14. The molecule has 0 bridgehead atoms. The minimum absolute atomic E-state index is 0.318. The van der Waals surface area contributed by atoms with Gasteiger partial charge in [-0.25, -0.2) is 4.39 Å². The first-order valence-corrected chi connectivity index (χ1v) is 6.29. The first-order valence-electron chi connectivity index (χ1n) is 5.53. The Hall–Kier alpha value is -1.09. The highest BCUT2D eigenvalue weighted by Gasteiger charge is 2.00. The molecule has 0 aromatic heterocycles. The molecule has 0 amide bonds. The van der Waals surface area contributed by atoms with Gasteiger partial charge in [0.05, 0.1) is 0 Å². The Morgan fingerprint density at radius 3 is 2.33 bits per heavy atom. The second kappa shape index (κ2) is 6.19. The first kappa shape index (κ1) is 13.3. The van der Waals surface area contributed by atoms with Gasteiger partial charge in [-0.15, -0.1) is 0 Å². The predicted octanol–water partition coefficient (Wildman–Crippen LogP) is 4.42. The van der Waals surface area contributed by atoms with Crippen LogP contribution in [0.4, 0.5) is 4.39 Å². The molecular weight excluding hydrogens is 272 g/mol. The molecule has 94 valence electrons. The smallest absolute Gasteiger partial charge is 0.125 e. The van der Waals surface area contributed by atoms with E-state index in [0.717, 1.165) is 11.1 Å². The van der Waals surface area contributed by atoms with Crippen LogP contribution in [0.5, 0.6) is 0 Å². The first-order chi connectivity index (χ1) is 8.63. The van der Waals surface area contributed by atoms with Gasteiger partial charge < -0.3 is 5.32 Å². The third-order valence-corrected chi connectivity index (χ3v) is 2.92. The summed E-state index contributed by atoms with van der Waals surface area (Å²) in [5, 5.41) is 4.34. The Labute approximate surface area is 116 Å². The van der Waals surface area contributed by atoms with E-state index in [2.05, 4.69) is 5.32 Å². The number of halogens is 3. The molecule has 1 nitrogen and oxygen atoms in total. The number of rotatable bonds is 4. The Kier molecular flexibility index (Phi) is 4.59. The normalized spacial score (nSPS) is 10.6. The van der Waals surface area contributed by atoms with Gasteiger partial charge in [-0.1, -0.05) is 35.3 Å². The zero-order chi connectivity index (χ0) is 13.0. The van der Waals surface area contributed by atoms with E-state index < -0.39 is 0 Å². The van der Waals surface area contributed by atoms with E-state index in [1.807, 2.05) is 24.3 Å². The standard InChI is InChI=1S/C14H12Cl2FN/c15-12-3-1-2-10(4-12)8-18-9-11-5-13(16)7-14(17)6-11/h1-7,18H,8-9H2. The summed E-state index contributed by atoms with van der Waals surface area (Å²) in [6.07, 6.45) is 0. The Balaban J connectivity index is 1.92. The highest BCUT2D eigenvalue weighted by atomic mass is 35.5. The maximum atomic E-state index is 13.1. The summed E-state index contributed by atoms with van der Waals surface area (Å²) in [5.41, 5.74) is 1.91. The van der Waals surface area contributed by atoms with E-state index in [0.29, 0.717) is 23.1 Å². The van der Waals surface area contributed by atoms with Gasteiger partial charge in [0.25, 0.3) is 0 Å². The predicted molar refractivity (Wildman–Crippen MR) is 73.4 cm³/mol. The lowest BCUT2D eigenvalue weighted by Crippen LogP contribution is -2.12. The Bertz CT molecular complexity index is 523. The maximum absolute atomic E-state index is 13.1. The summed E-state index contributed by atoms with van der Waals surface area (Å²) in [5.74, 6) is -0.318. The van der Waals surface area contributed by atoms with Crippen LogP contribution >= 0.6 is 23.2 Å². The van der Waals surface area contributed by atoms with Crippen LogP contribution in [0, 0.1) is 5.82 Å². The largest absolute Gasteiger partial charge is 0.309 e. The molecule has 0 saturated carbocycles. The molecule has 0 atom stereocenters. The molecule has 4 heteroatoms. The van der Waals surface area contributed by atoms with Crippen LogP contribution in [0.15, 0.2) is 42.5 Å². The van der Waals surface area contributed by atoms with Crippen LogP contribution in [-0.2, 0) is 13.1 Å². The van der Waals surface area contributed by atoms with E-state index in [1.165, 1.54) is 12.1 Å². The Morgan fingerprint density at radius 1 is 0.889 bits per heavy atom. The molecule has 0 radical (unpaired) electrons. The lowest BCUT2D eigenvalue weighted by molar-refractivity contribution is 0.620. The average molecular weight is 284 g/mol. The molecule has 0 saturated heterocycles. The number of nitrogens with one attached hydrogen (secondary N) is 1. The van der Waals surface area contributed by atoms with Crippen molar-refractivity contribution in [3.05, 3.63) is 69.5 Å². The van der Waals surface area contributed by atoms with Crippen molar-refractivity contribution < 1.29 is 4.39 Å². The Morgan fingerprint density at radius 2 is 1.61 bits per heavy atom. The summed E-state index contributed by atoms with van der Waals surface area (Å²) < 4.78 is 13.1. The minimum Gasteiger partial charge on any atom is -0.309 e. The van der Waals surface area contributed by atoms with Crippen LogP contribution < -0.4 is 5.32 Å². The number of benzene rings is 2. The lowest BCUT2D eigenvalue weighted by atomic mass is 10.2. The van der Waals surface area contributed by atoms with Crippen LogP contribution in [-0.4, -0.2) is 0 Å². The third kappa shape index (κ3) is 3.98. The van der Waals surface area contributed by atoms with E-state index in [4.69, 9.17) is 23.2 Å². The number of hydrogen-bond acceptors (Lipinski definition) is 1. The van der Waals surface area contributed by atoms with Crippen molar-refractivity contribution in [2.45, 2.75) is 13.1 Å². The minimum atomic E-state index is -0.318. The average Bonchev–Trinajstić information content (AvgIpc) is 2.27. The molecule has 0 heterocycles. The topological polar surface area (TPSA) is 12.0 Å². The molecule has 2 aromatic carbocycles. The summed E-state index contributed by atoms with van der Waals surface area (Å²) in [6.45, 7) is 1.23. The molecular formula is C14H12Cl2FN. The second-order valence-electron chi connectivity index (χ2n) is 4.01. The molecule has 18 heavy (non-hydrogen) atoms. The van der Waals surface area contributed by atoms with Gasteiger partial charge in [-0.05, 0) is 41.5 Å². The van der Waals surface area contributed by atoms with Crippen LogP contribution in [0.2, 0.25) is 10.0 Å². The van der Waals surface area contributed by atoms with Gasteiger partial charge >= 0.3 is 0 Å². The molecule has 2 rings (SSSR count). The van der Waals surface area contributed by atoms with Gasteiger partial charge in [0.2, 0.25) is 0 Å². The van der Waals surface area contributed by atoms with Crippen molar-refractivity contribution in [3.8, 4) is 0 Å². The van der Waals surface area contributed by atoms with Crippen LogP contribution in [0.3, 0.4) is 0 Å².